The predicted molar refractivity (Wildman–Crippen MR) is 134 cm³/mol. The minimum atomic E-state index is 0. The molecule has 2 aromatic heterocycles. The molecule has 160 valence electrons. The van der Waals surface area contributed by atoms with Crippen LogP contribution < -0.4 is 5.56 Å². The Morgan fingerprint density at radius 1 is 0.909 bits per heavy atom. The molecule has 0 aliphatic heterocycles. The van der Waals surface area contributed by atoms with Gasteiger partial charge in [-0.1, -0.05) is 73.7 Å². The van der Waals surface area contributed by atoms with Crippen molar-refractivity contribution in [2.24, 2.45) is 0 Å². The summed E-state index contributed by atoms with van der Waals surface area (Å²) in [5.41, 5.74) is 5.39. The molecular weight excluding hydrogens is 421 g/mol. The molecule has 0 aliphatic carbocycles. The van der Waals surface area contributed by atoms with Crippen molar-refractivity contribution in [2.45, 2.75) is 26.3 Å². The van der Waals surface area contributed by atoms with Crippen LogP contribution in [-0.4, -0.2) is 54.7 Å². The van der Waals surface area contributed by atoms with Crippen LogP contribution in [0.3, 0.4) is 0 Å². The number of benzene rings is 3. The fourth-order valence-electron chi connectivity index (χ4n) is 4.19. The van der Waals surface area contributed by atoms with Gasteiger partial charge in [-0.05, 0) is 51.1 Å². The zero-order chi connectivity index (χ0) is 21.9. The molecule has 2 heterocycles. The molecule has 5 rings (SSSR count). The van der Waals surface area contributed by atoms with Gasteiger partial charge in [-0.15, -0.1) is 5.10 Å². The number of H-pyrrole nitrogens is 1. The summed E-state index contributed by atoms with van der Waals surface area (Å²) < 4.78 is 1.92. The SMILES string of the molecule is CCCn1c(Cc2ccc(-c3ccccc3-c3nnn[nH]3)cc2)cc2ccccc2c1=O.[NaH]. The van der Waals surface area contributed by atoms with E-state index in [0.29, 0.717) is 12.2 Å². The number of hydrogen-bond acceptors (Lipinski definition) is 4. The monoisotopic (exact) mass is 445 g/mol. The molecule has 6 nitrogen and oxygen atoms in total. The molecule has 0 atom stereocenters. The van der Waals surface area contributed by atoms with Crippen LogP contribution in [0.2, 0.25) is 0 Å². The Kier molecular flexibility index (Phi) is 7.18. The van der Waals surface area contributed by atoms with Crippen molar-refractivity contribution < 1.29 is 0 Å². The Balaban J connectivity index is 0.00000259. The first kappa shape index (κ1) is 23.1. The number of aromatic amines is 1. The maximum absolute atomic E-state index is 13.1. The molecule has 33 heavy (non-hydrogen) atoms. The molecule has 0 unspecified atom stereocenters. The van der Waals surface area contributed by atoms with Gasteiger partial charge in [-0.3, -0.25) is 4.79 Å². The molecule has 3 aromatic carbocycles. The first-order valence-corrected chi connectivity index (χ1v) is 10.8. The molecule has 0 amide bonds. The minimum absolute atomic E-state index is 0. The van der Waals surface area contributed by atoms with Gasteiger partial charge in [0.1, 0.15) is 0 Å². The van der Waals surface area contributed by atoms with Crippen LogP contribution in [-0.2, 0) is 13.0 Å². The van der Waals surface area contributed by atoms with Crippen LogP contribution in [0, 0.1) is 0 Å². The average molecular weight is 446 g/mol. The molecule has 0 fully saturated rings. The fraction of sp³-hybridized carbons (Fsp3) is 0.154. The maximum atomic E-state index is 13.1. The van der Waals surface area contributed by atoms with Crippen LogP contribution in [0.15, 0.2) is 83.7 Å². The van der Waals surface area contributed by atoms with Gasteiger partial charge in [-0.2, -0.15) is 0 Å². The van der Waals surface area contributed by atoms with Gasteiger partial charge in [0.2, 0.25) is 0 Å². The standard InChI is InChI=1S/C26H23N5O.Na.H/c1-2-15-31-21(17-20-7-3-4-9-23(20)26(31)32)16-18-11-13-19(14-12-18)22-8-5-6-10-24(22)25-27-29-30-28-25;;/h3-14,17H,2,15-16H2,1H3,(H,27,28,29,30);;. The Bertz CT molecular complexity index is 1430. The number of rotatable bonds is 6. The van der Waals surface area contributed by atoms with Gasteiger partial charge in [0.25, 0.3) is 5.56 Å². The summed E-state index contributed by atoms with van der Waals surface area (Å²) in [6, 6.07) is 26.5. The number of aromatic nitrogens is 5. The second kappa shape index (κ2) is 10.3. The van der Waals surface area contributed by atoms with Crippen molar-refractivity contribution in [1.29, 1.82) is 0 Å². The van der Waals surface area contributed by atoms with Crippen molar-refractivity contribution in [3.05, 3.63) is 100 Å². The molecule has 7 heteroatoms. The number of fused-ring (bicyclic) bond motifs is 1. The Morgan fingerprint density at radius 2 is 1.64 bits per heavy atom. The van der Waals surface area contributed by atoms with Gasteiger partial charge >= 0.3 is 29.6 Å². The van der Waals surface area contributed by atoms with E-state index in [0.717, 1.165) is 51.7 Å². The number of pyridine rings is 1. The molecule has 0 radical (unpaired) electrons. The van der Waals surface area contributed by atoms with Crippen molar-refractivity contribution in [3.8, 4) is 22.5 Å². The number of tetrazole rings is 1. The Morgan fingerprint density at radius 3 is 2.36 bits per heavy atom. The third-order valence-electron chi connectivity index (χ3n) is 5.73. The molecule has 0 aliphatic rings. The summed E-state index contributed by atoms with van der Waals surface area (Å²) >= 11 is 0. The van der Waals surface area contributed by atoms with E-state index in [1.165, 1.54) is 0 Å². The molecule has 0 bridgehead atoms. The normalized spacial score (nSPS) is 10.8. The van der Waals surface area contributed by atoms with Crippen LogP contribution in [0.5, 0.6) is 0 Å². The predicted octanol–water partition coefficient (Wildman–Crippen LogP) is 4.20. The number of hydrogen-bond donors (Lipinski definition) is 1. The van der Waals surface area contributed by atoms with E-state index >= 15 is 0 Å². The summed E-state index contributed by atoms with van der Waals surface area (Å²) in [5, 5.41) is 16.1. The zero-order valence-corrected chi connectivity index (χ0v) is 17.8. The molecule has 0 saturated heterocycles. The van der Waals surface area contributed by atoms with E-state index < -0.39 is 0 Å². The second-order valence-corrected chi connectivity index (χ2v) is 7.85. The topological polar surface area (TPSA) is 76.5 Å². The van der Waals surface area contributed by atoms with E-state index in [9.17, 15) is 4.79 Å². The van der Waals surface area contributed by atoms with Gasteiger partial charge in [0, 0.05) is 29.6 Å². The summed E-state index contributed by atoms with van der Waals surface area (Å²) in [4.78, 5) is 13.1. The van der Waals surface area contributed by atoms with Crippen LogP contribution in [0.25, 0.3) is 33.3 Å². The van der Waals surface area contributed by atoms with Gasteiger partial charge < -0.3 is 4.57 Å². The Labute approximate surface area is 214 Å². The summed E-state index contributed by atoms with van der Waals surface area (Å²) in [6.45, 7) is 2.82. The third-order valence-corrected chi connectivity index (χ3v) is 5.73. The molecular formula is C26H24N5NaO. The quantitative estimate of drug-likeness (QED) is 0.398. The summed E-state index contributed by atoms with van der Waals surface area (Å²) in [7, 11) is 0. The van der Waals surface area contributed by atoms with Crippen molar-refractivity contribution >= 4 is 40.3 Å². The summed E-state index contributed by atoms with van der Waals surface area (Å²) in [5.74, 6) is 0.643. The fourth-order valence-corrected chi connectivity index (χ4v) is 4.19. The molecule has 0 saturated carbocycles. The van der Waals surface area contributed by atoms with Gasteiger partial charge in [-0.25, -0.2) is 5.10 Å². The van der Waals surface area contributed by atoms with E-state index in [2.05, 4.69) is 63.9 Å². The molecule has 5 aromatic rings. The molecule has 0 spiro atoms. The van der Waals surface area contributed by atoms with Crippen LogP contribution >= 0.6 is 0 Å². The number of nitrogens with one attached hydrogen (secondary N) is 1. The van der Waals surface area contributed by atoms with Crippen molar-refractivity contribution in [2.75, 3.05) is 0 Å². The first-order chi connectivity index (χ1) is 15.7. The van der Waals surface area contributed by atoms with Crippen LogP contribution in [0.1, 0.15) is 24.6 Å². The average Bonchev–Trinajstić information content (AvgIpc) is 3.37. The van der Waals surface area contributed by atoms with E-state index in [4.69, 9.17) is 0 Å². The van der Waals surface area contributed by atoms with E-state index in [-0.39, 0.29) is 35.1 Å². The first-order valence-electron chi connectivity index (χ1n) is 10.8. The van der Waals surface area contributed by atoms with Gasteiger partial charge in [0.05, 0.1) is 0 Å². The van der Waals surface area contributed by atoms with Crippen molar-refractivity contribution in [1.82, 2.24) is 25.2 Å². The second-order valence-electron chi connectivity index (χ2n) is 7.85. The third kappa shape index (κ3) is 4.69. The van der Waals surface area contributed by atoms with E-state index in [1.54, 1.807) is 0 Å². The number of nitrogens with zero attached hydrogens (tertiary/aromatic N) is 4. The Hall–Kier alpha value is -3.06. The van der Waals surface area contributed by atoms with Crippen LogP contribution in [0.4, 0.5) is 0 Å². The summed E-state index contributed by atoms with van der Waals surface area (Å²) in [6.07, 6.45) is 1.62. The van der Waals surface area contributed by atoms with Crippen molar-refractivity contribution in [3.63, 3.8) is 0 Å². The molecule has 1 N–H and O–H groups in total. The van der Waals surface area contributed by atoms with E-state index in [1.807, 2.05) is 47.0 Å². The van der Waals surface area contributed by atoms with Gasteiger partial charge in [0.15, 0.2) is 5.82 Å². The zero-order valence-electron chi connectivity index (χ0n) is 17.8.